The number of aromatic nitrogens is 2. The molecule has 5 heterocycles. The molecule has 4 aliphatic rings. The second kappa shape index (κ2) is 19.4. The lowest BCUT2D eigenvalue weighted by atomic mass is 9.81. The summed E-state index contributed by atoms with van der Waals surface area (Å²) >= 11 is 0. The van der Waals surface area contributed by atoms with E-state index < -0.39 is 89.2 Å². The van der Waals surface area contributed by atoms with Gasteiger partial charge in [0.15, 0.2) is 5.60 Å². The highest BCUT2D eigenvalue weighted by Gasteiger charge is 2.46. The average molecular weight is 949 g/mol. The number of nitrogens with one attached hydrogen (secondary N) is 4. The van der Waals surface area contributed by atoms with Crippen molar-refractivity contribution in [2.75, 3.05) is 18.4 Å². The maximum absolute atomic E-state index is 15.4. The van der Waals surface area contributed by atoms with Gasteiger partial charge in [-0.3, -0.25) is 33.7 Å². The summed E-state index contributed by atoms with van der Waals surface area (Å²) in [6, 6.07) is 6.71. The molecule has 1 aliphatic carbocycles. The Bertz CT molecular complexity index is 2900. The number of ether oxygens (including phenoxy) is 2. The van der Waals surface area contributed by atoms with Crippen LogP contribution in [-0.4, -0.2) is 86.3 Å². The number of aryl methyl sites for hydroxylation is 1. The predicted molar refractivity (Wildman–Crippen MR) is 246 cm³/mol. The lowest BCUT2D eigenvalue weighted by Gasteiger charge is -2.31. The van der Waals surface area contributed by atoms with E-state index in [1.165, 1.54) is 10.6 Å². The normalized spacial score (nSPS) is 18.6. The molecule has 0 fully saturated rings. The second-order valence-corrected chi connectivity index (χ2v) is 18.0. The van der Waals surface area contributed by atoms with Crippen molar-refractivity contribution in [3.05, 3.63) is 104 Å². The number of alkyl carbamates (subject to hydrolysis) is 1. The van der Waals surface area contributed by atoms with Gasteiger partial charge in [-0.2, -0.15) is 0 Å². The van der Waals surface area contributed by atoms with E-state index in [0.29, 0.717) is 82.5 Å². The van der Waals surface area contributed by atoms with E-state index in [9.17, 15) is 43.5 Å². The molecular formula is C49H53FN8O11. The van der Waals surface area contributed by atoms with Crippen LogP contribution in [0, 0.1) is 18.7 Å². The molecule has 2 aromatic carbocycles. The Balaban J connectivity index is 0.941. The lowest BCUT2D eigenvalue weighted by molar-refractivity contribution is -0.172. The van der Waals surface area contributed by atoms with Crippen LogP contribution in [0.3, 0.4) is 0 Å². The fourth-order valence-corrected chi connectivity index (χ4v) is 9.45. The molecule has 0 bridgehead atoms. The number of carbonyl (C=O) groups excluding carboxylic acids is 7. The molecule has 4 atom stereocenters. The Kier molecular flexibility index (Phi) is 13.5. The zero-order chi connectivity index (χ0) is 49.5. The summed E-state index contributed by atoms with van der Waals surface area (Å²) in [7, 11) is 0. The van der Waals surface area contributed by atoms with Gasteiger partial charge in [0.05, 0.1) is 35.1 Å². The lowest BCUT2D eigenvalue weighted by Crippen LogP contribution is -2.56. The van der Waals surface area contributed by atoms with Crippen LogP contribution >= 0.6 is 0 Å². The maximum Gasteiger partial charge on any atom is 0.407 e. The number of carbonyl (C=O) groups is 7. The van der Waals surface area contributed by atoms with Gasteiger partial charge in [0, 0.05) is 40.4 Å². The molecule has 0 radical (unpaired) electrons. The van der Waals surface area contributed by atoms with E-state index in [4.69, 9.17) is 20.2 Å². The highest BCUT2D eigenvalue weighted by atomic mass is 19.1. The van der Waals surface area contributed by atoms with Crippen molar-refractivity contribution >= 4 is 58.2 Å². The molecule has 362 valence electrons. The molecule has 2 aromatic heterocycles. The molecule has 6 amide bonds. The number of esters is 1. The first-order valence-corrected chi connectivity index (χ1v) is 22.9. The number of hydrogen-bond acceptors (Lipinski definition) is 13. The molecule has 0 spiro atoms. The van der Waals surface area contributed by atoms with Gasteiger partial charge in [-0.25, -0.2) is 19.0 Å². The number of rotatable bonds is 16. The molecule has 0 saturated heterocycles. The van der Waals surface area contributed by atoms with Crippen molar-refractivity contribution in [2.24, 2.45) is 11.7 Å². The number of benzene rings is 2. The molecule has 3 aliphatic heterocycles. The zero-order valence-electron chi connectivity index (χ0n) is 38.5. The maximum atomic E-state index is 15.4. The van der Waals surface area contributed by atoms with Crippen LogP contribution in [0.1, 0.15) is 97.9 Å². The minimum atomic E-state index is -2.04. The summed E-state index contributed by atoms with van der Waals surface area (Å²) in [6.45, 7) is 6.12. The van der Waals surface area contributed by atoms with E-state index in [-0.39, 0.29) is 43.7 Å². The number of cyclic esters (lactones) is 1. The van der Waals surface area contributed by atoms with Gasteiger partial charge in [-0.15, -0.1) is 0 Å². The third-order valence-electron chi connectivity index (χ3n) is 13.3. The van der Waals surface area contributed by atoms with Gasteiger partial charge >= 0.3 is 12.1 Å². The van der Waals surface area contributed by atoms with Crippen LogP contribution in [0.15, 0.2) is 53.3 Å². The van der Waals surface area contributed by atoms with Crippen molar-refractivity contribution in [2.45, 2.75) is 110 Å². The minimum absolute atomic E-state index is 0.0355. The van der Waals surface area contributed by atoms with Crippen molar-refractivity contribution in [1.82, 2.24) is 30.4 Å². The number of aliphatic hydroxyl groups is 1. The Hall–Kier alpha value is -7.32. The van der Waals surface area contributed by atoms with Gasteiger partial charge in [-0.05, 0) is 98.4 Å². The summed E-state index contributed by atoms with van der Waals surface area (Å²) in [6.07, 6.45) is 3.47. The fourth-order valence-electron chi connectivity index (χ4n) is 9.45. The molecule has 0 saturated carbocycles. The number of nitrogens with two attached hydrogens (primary N) is 1. The van der Waals surface area contributed by atoms with Gasteiger partial charge in [0.2, 0.25) is 17.7 Å². The number of pyridine rings is 2. The second-order valence-electron chi connectivity index (χ2n) is 18.0. The first-order valence-electron chi connectivity index (χ1n) is 22.9. The van der Waals surface area contributed by atoms with Crippen LogP contribution in [0.5, 0.6) is 0 Å². The van der Waals surface area contributed by atoms with Gasteiger partial charge in [0.1, 0.15) is 37.7 Å². The first-order chi connectivity index (χ1) is 32.9. The number of halogens is 1. The van der Waals surface area contributed by atoms with Crippen LogP contribution < -0.4 is 32.6 Å². The molecule has 7 N–H and O–H groups in total. The van der Waals surface area contributed by atoms with E-state index in [1.807, 2.05) is 0 Å². The molecule has 1 unspecified atom stereocenters. The van der Waals surface area contributed by atoms with E-state index in [1.54, 1.807) is 58.0 Å². The summed E-state index contributed by atoms with van der Waals surface area (Å²) in [5.74, 6) is -4.89. The molecule has 8 rings (SSSR count). The quantitative estimate of drug-likeness (QED) is 0.0472. The number of imide groups is 1. The fraction of sp³-hybridized carbons (Fsp3) is 0.408. The number of unbranched alkanes of at least 4 members (excludes halogenated alkanes) is 1. The Morgan fingerprint density at radius 3 is 2.41 bits per heavy atom. The van der Waals surface area contributed by atoms with E-state index in [2.05, 4.69) is 21.3 Å². The predicted octanol–water partition coefficient (Wildman–Crippen LogP) is 3.06. The number of anilines is 1. The molecule has 69 heavy (non-hydrogen) atoms. The zero-order valence-corrected chi connectivity index (χ0v) is 38.5. The summed E-state index contributed by atoms with van der Waals surface area (Å²) in [5.41, 5.74) is 8.03. The van der Waals surface area contributed by atoms with Crippen molar-refractivity contribution < 1.29 is 52.5 Å². The molecular weight excluding hydrogens is 896 g/mol. The molecule has 4 aromatic rings. The van der Waals surface area contributed by atoms with Crippen molar-refractivity contribution in [1.29, 1.82) is 0 Å². The number of hydrogen-bond donors (Lipinski definition) is 6. The number of fused-ring (bicyclic) bond motifs is 5. The van der Waals surface area contributed by atoms with E-state index in [0.717, 1.165) is 22.6 Å². The Morgan fingerprint density at radius 1 is 1.00 bits per heavy atom. The first kappa shape index (κ1) is 48.1. The third-order valence-corrected chi connectivity index (χ3v) is 13.3. The highest BCUT2D eigenvalue weighted by Crippen LogP contribution is 2.46. The van der Waals surface area contributed by atoms with Crippen LogP contribution in [0.2, 0.25) is 0 Å². The minimum Gasteiger partial charge on any atom is -0.458 e. The largest absolute Gasteiger partial charge is 0.458 e. The van der Waals surface area contributed by atoms with Crippen molar-refractivity contribution in [3.8, 4) is 11.4 Å². The topological polar surface area (TPSA) is 270 Å². The summed E-state index contributed by atoms with van der Waals surface area (Å²) < 4.78 is 27.8. The SMILES string of the molecule is CC[C@@]1(O)C(=O)OCc2c1cc1n(c2=O)Cc2c-1nc1cc(F)c(C)c3c1c2[C@@H](NC(=O)OCc1ccc(NC(=O)[C@H](CCCCN)NC(=O)C(NC(=O)CN2C(=O)C=CC2=O)C(C)C)cc1)CC3. The standard InChI is InChI=1S/C49H53FN8O11/c1-5-49(67)31-18-36-43-29(20-57(36)46(64)30(31)23-68-47(49)65)41-33(14-13-28-25(4)32(50)19-35(53-43)40(28)41)55-48(66)69-22-26-9-11-27(12-10-26)52-44(62)34(8-6-7-17-51)54-45(63)42(24(2)3)56-37(59)21-58-38(60)15-16-39(58)61/h9-12,15-16,18-19,24,33-34,42,67H,5-8,13-14,17,20-23,51H2,1-4H3,(H,52,62)(H,54,63)(H,55,66)(H,56,59)/t33-,34-,42?,49-/m0/s1. The highest BCUT2D eigenvalue weighted by molar-refractivity contribution is 6.14. The van der Waals surface area contributed by atoms with Gasteiger partial charge in [0.25, 0.3) is 17.4 Å². The monoisotopic (exact) mass is 948 g/mol. The van der Waals surface area contributed by atoms with Gasteiger partial charge in [-0.1, -0.05) is 32.9 Å². The molecule has 20 heteroatoms. The molecule has 19 nitrogen and oxygen atoms in total. The Labute approximate surface area is 395 Å². The van der Waals surface area contributed by atoms with Gasteiger partial charge < -0.3 is 46.1 Å². The number of amides is 6. The van der Waals surface area contributed by atoms with Crippen LogP contribution in [-0.2, 0) is 70.0 Å². The Morgan fingerprint density at radius 2 is 1.72 bits per heavy atom. The van der Waals surface area contributed by atoms with Crippen molar-refractivity contribution in [3.63, 3.8) is 0 Å². The van der Waals surface area contributed by atoms with Crippen LogP contribution in [0.4, 0.5) is 14.9 Å². The summed E-state index contributed by atoms with van der Waals surface area (Å²) in [5, 5.41) is 23.1. The number of nitrogens with zero attached hydrogens (tertiary/aromatic N) is 3. The summed E-state index contributed by atoms with van der Waals surface area (Å²) in [4.78, 5) is 110. The average Bonchev–Trinajstić information content (AvgIpc) is 3.85. The van der Waals surface area contributed by atoms with E-state index >= 15 is 4.39 Å². The van der Waals surface area contributed by atoms with Crippen LogP contribution in [0.25, 0.3) is 22.3 Å². The smallest absolute Gasteiger partial charge is 0.407 e. The third kappa shape index (κ3) is 9.20.